The maximum atomic E-state index is 12.3. The number of carbonyl (C=O) groups is 1. The predicted molar refractivity (Wildman–Crippen MR) is 75.9 cm³/mol. The number of carbonyl (C=O) groups excluding carboxylic acids is 1. The zero-order valence-electron chi connectivity index (χ0n) is 11.7. The van der Waals surface area contributed by atoms with Crippen molar-refractivity contribution in [3.63, 3.8) is 0 Å². The number of halogens is 1. The Morgan fingerprint density at radius 2 is 2.05 bits per heavy atom. The van der Waals surface area contributed by atoms with Crippen LogP contribution >= 0.6 is 12.4 Å². The number of piperidine rings is 1. The van der Waals surface area contributed by atoms with Crippen LogP contribution in [0.1, 0.15) is 54.4 Å². The third-order valence-corrected chi connectivity index (χ3v) is 3.31. The summed E-state index contributed by atoms with van der Waals surface area (Å²) in [7, 11) is 0. The van der Waals surface area contributed by atoms with Crippen molar-refractivity contribution < 1.29 is 9.32 Å². The van der Waals surface area contributed by atoms with Gasteiger partial charge in [-0.3, -0.25) is 4.79 Å². The first-order valence-corrected chi connectivity index (χ1v) is 6.57. The third kappa shape index (κ3) is 3.70. The molecule has 1 fully saturated rings. The van der Waals surface area contributed by atoms with Gasteiger partial charge >= 0.3 is 0 Å². The fourth-order valence-corrected chi connectivity index (χ4v) is 2.28. The average Bonchev–Trinajstić information content (AvgIpc) is 2.72. The minimum atomic E-state index is -0.0515. The lowest BCUT2D eigenvalue weighted by atomic mass is 10.0. The lowest BCUT2D eigenvalue weighted by molar-refractivity contribution is 0.0926. The van der Waals surface area contributed by atoms with Gasteiger partial charge < -0.3 is 15.2 Å². The monoisotopic (exact) mass is 287 g/mol. The summed E-state index contributed by atoms with van der Waals surface area (Å²) in [4.78, 5) is 12.3. The number of aromatic nitrogens is 1. The molecule has 2 rings (SSSR count). The van der Waals surface area contributed by atoms with Gasteiger partial charge in [-0.25, -0.2) is 0 Å². The smallest absolute Gasteiger partial charge is 0.257 e. The molecular weight excluding hydrogens is 266 g/mol. The van der Waals surface area contributed by atoms with E-state index in [1.165, 1.54) is 0 Å². The first kappa shape index (κ1) is 16.0. The van der Waals surface area contributed by atoms with E-state index in [-0.39, 0.29) is 30.3 Å². The van der Waals surface area contributed by atoms with E-state index in [4.69, 9.17) is 4.52 Å². The highest BCUT2D eigenvalue weighted by Crippen LogP contribution is 2.22. The van der Waals surface area contributed by atoms with Crippen molar-refractivity contribution in [3.8, 4) is 0 Å². The Kier molecular flexibility index (Phi) is 5.82. The molecule has 0 saturated carbocycles. The van der Waals surface area contributed by atoms with Crippen LogP contribution < -0.4 is 10.6 Å². The predicted octanol–water partition coefficient (Wildman–Crippen LogP) is 2.01. The number of hydrogen-bond donors (Lipinski definition) is 2. The summed E-state index contributed by atoms with van der Waals surface area (Å²) in [6, 6.07) is 0.257. The quantitative estimate of drug-likeness (QED) is 0.892. The summed E-state index contributed by atoms with van der Waals surface area (Å²) in [6.45, 7) is 7.74. The summed E-state index contributed by atoms with van der Waals surface area (Å²) in [5.74, 6) is 0.795. The van der Waals surface area contributed by atoms with Gasteiger partial charge in [0.15, 0.2) is 5.76 Å². The van der Waals surface area contributed by atoms with E-state index in [9.17, 15) is 4.79 Å². The normalized spacial score (nSPS) is 16.2. The molecule has 6 heteroatoms. The van der Waals surface area contributed by atoms with Crippen LogP contribution in [-0.4, -0.2) is 30.2 Å². The van der Waals surface area contributed by atoms with Gasteiger partial charge in [0, 0.05) is 12.0 Å². The fraction of sp³-hybridized carbons (Fsp3) is 0.692. The van der Waals surface area contributed by atoms with Crippen LogP contribution in [0.2, 0.25) is 0 Å². The highest BCUT2D eigenvalue weighted by Gasteiger charge is 2.24. The molecule has 1 amide bonds. The molecule has 0 unspecified atom stereocenters. The molecule has 2 heterocycles. The Balaban J connectivity index is 0.00000180. The second kappa shape index (κ2) is 6.91. The molecule has 0 spiro atoms. The summed E-state index contributed by atoms with van der Waals surface area (Å²) < 4.78 is 5.24. The number of aryl methyl sites for hydroxylation is 1. The number of rotatable bonds is 3. The lowest BCUT2D eigenvalue weighted by Gasteiger charge is -2.23. The maximum Gasteiger partial charge on any atom is 0.257 e. The molecule has 0 radical (unpaired) electrons. The van der Waals surface area contributed by atoms with Crippen molar-refractivity contribution in [2.75, 3.05) is 13.1 Å². The number of amides is 1. The molecule has 5 nitrogen and oxygen atoms in total. The molecule has 0 aromatic carbocycles. The van der Waals surface area contributed by atoms with Crippen LogP contribution in [0.3, 0.4) is 0 Å². The van der Waals surface area contributed by atoms with Crippen LogP contribution in [0.15, 0.2) is 4.52 Å². The minimum Gasteiger partial charge on any atom is -0.360 e. The van der Waals surface area contributed by atoms with Crippen LogP contribution in [0.4, 0.5) is 0 Å². The Morgan fingerprint density at radius 3 is 2.63 bits per heavy atom. The number of nitrogens with zero attached hydrogens (tertiary/aromatic N) is 1. The van der Waals surface area contributed by atoms with Crippen molar-refractivity contribution in [2.24, 2.45) is 0 Å². The molecule has 0 aliphatic carbocycles. The first-order valence-electron chi connectivity index (χ1n) is 6.57. The molecule has 19 heavy (non-hydrogen) atoms. The van der Waals surface area contributed by atoms with Crippen molar-refractivity contribution >= 4 is 18.3 Å². The van der Waals surface area contributed by atoms with Gasteiger partial charge in [0.05, 0.1) is 5.69 Å². The third-order valence-electron chi connectivity index (χ3n) is 3.31. The summed E-state index contributed by atoms with van der Waals surface area (Å²) in [5.41, 5.74) is 1.29. The Morgan fingerprint density at radius 1 is 1.42 bits per heavy atom. The van der Waals surface area contributed by atoms with Crippen LogP contribution in [0, 0.1) is 6.92 Å². The van der Waals surface area contributed by atoms with E-state index in [1.54, 1.807) is 0 Å². The standard InChI is InChI=1S/C13H21N3O2.ClH/c1-8(2)12-11(9(3)16-18-12)13(17)15-10-4-6-14-7-5-10;/h8,10,14H,4-7H2,1-3H3,(H,15,17);1H. The maximum absolute atomic E-state index is 12.3. The van der Waals surface area contributed by atoms with Gasteiger partial charge in [0.25, 0.3) is 5.91 Å². The average molecular weight is 288 g/mol. The van der Waals surface area contributed by atoms with Crippen molar-refractivity contribution in [2.45, 2.75) is 45.6 Å². The molecule has 0 atom stereocenters. The number of nitrogens with one attached hydrogen (secondary N) is 2. The van der Waals surface area contributed by atoms with Crippen molar-refractivity contribution in [3.05, 3.63) is 17.0 Å². The van der Waals surface area contributed by atoms with E-state index >= 15 is 0 Å². The van der Waals surface area contributed by atoms with Gasteiger partial charge in [-0.1, -0.05) is 19.0 Å². The van der Waals surface area contributed by atoms with Gasteiger partial charge in [-0.2, -0.15) is 0 Å². The molecule has 108 valence electrons. The van der Waals surface area contributed by atoms with Crippen molar-refractivity contribution in [1.82, 2.24) is 15.8 Å². The molecule has 1 aromatic rings. The summed E-state index contributed by atoms with van der Waals surface area (Å²) >= 11 is 0. The molecule has 1 aliphatic heterocycles. The van der Waals surface area contributed by atoms with E-state index in [0.717, 1.165) is 25.9 Å². The Hall–Kier alpha value is -1.07. The molecule has 1 aromatic heterocycles. The second-order valence-electron chi connectivity index (χ2n) is 5.16. The minimum absolute atomic E-state index is 0. The first-order chi connectivity index (χ1) is 8.59. The Bertz CT molecular complexity index is 426. The van der Waals surface area contributed by atoms with Crippen LogP contribution in [0.5, 0.6) is 0 Å². The molecule has 0 bridgehead atoms. The topological polar surface area (TPSA) is 67.2 Å². The highest BCUT2D eigenvalue weighted by atomic mass is 35.5. The van der Waals surface area contributed by atoms with Crippen molar-refractivity contribution in [1.29, 1.82) is 0 Å². The SMILES string of the molecule is Cc1noc(C(C)C)c1C(=O)NC1CCNCC1.Cl. The van der Waals surface area contributed by atoms with Gasteiger partial charge in [-0.15, -0.1) is 12.4 Å². The molecule has 2 N–H and O–H groups in total. The lowest BCUT2D eigenvalue weighted by Crippen LogP contribution is -2.43. The van der Waals surface area contributed by atoms with Gasteiger partial charge in [0.2, 0.25) is 0 Å². The summed E-state index contributed by atoms with van der Waals surface area (Å²) in [5, 5.41) is 10.3. The summed E-state index contributed by atoms with van der Waals surface area (Å²) in [6.07, 6.45) is 1.96. The fourth-order valence-electron chi connectivity index (χ4n) is 2.28. The molecular formula is C13H22ClN3O2. The van der Waals surface area contributed by atoms with Crippen LogP contribution in [0.25, 0.3) is 0 Å². The van der Waals surface area contributed by atoms with E-state index in [2.05, 4.69) is 15.8 Å². The Labute approximate surface area is 119 Å². The highest BCUT2D eigenvalue weighted by molar-refractivity contribution is 5.96. The molecule has 1 saturated heterocycles. The molecule has 1 aliphatic rings. The largest absolute Gasteiger partial charge is 0.360 e. The van der Waals surface area contributed by atoms with E-state index in [1.807, 2.05) is 20.8 Å². The number of hydrogen-bond acceptors (Lipinski definition) is 4. The zero-order chi connectivity index (χ0) is 13.1. The van der Waals surface area contributed by atoms with Gasteiger partial charge in [-0.05, 0) is 32.9 Å². The van der Waals surface area contributed by atoms with Crippen LogP contribution in [-0.2, 0) is 0 Å². The second-order valence-corrected chi connectivity index (χ2v) is 5.16. The van der Waals surface area contributed by atoms with Gasteiger partial charge in [0.1, 0.15) is 5.56 Å². The van der Waals surface area contributed by atoms with E-state index < -0.39 is 0 Å². The zero-order valence-corrected chi connectivity index (χ0v) is 12.5. The van der Waals surface area contributed by atoms with E-state index in [0.29, 0.717) is 17.0 Å².